The van der Waals surface area contributed by atoms with Crippen molar-refractivity contribution in [1.82, 2.24) is 9.97 Å². The van der Waals surface area contributed by atoms with Gasteiger partial charge in [0.1, 0.15) is 0 Å². The van der Waals surface area contributed by atoms with Crippen LogP contribution in [0.5, 0.6) is 0 Å². The highest BCUT2D eigenvalue weighted by Crippen LogP contribution is 2.39. The lowest BCUT2D eigenvalue weighted by Crippen LogP contribution is -2.43. The van der Waals surface area contributed by atoms with Crippen LogP contribution in [0.4, 0.5) is 0 Å². The molecule has 1 aromatic heterocycles. The summed E-state index contributed by atoms with van der Waals surface area (Å²) in [4.78, 5) is 9.89. The molecule has 0 radical (unpaired) electrons. The van der Waals surface area contributed by atoms with Crippen molar-refractivity contribution < 1.29 is 0 Å². The molecule has 2 N–H and O–H groups in total. The zero-order valence-corrected chi connectivity index (χ0v) is 15.1. The van der Waals surface area contributed by atoms with Crippen molar-refractivity contribution in [2.75, 3.05) is 0 Å². The van der Waals surface area contributed by atoms with Crippen molar-refractivity contribution in [2.24, 2.45) is 5.73 Å². The van der Waals surface area contributed by atoms with Crippen LogP contribution in [-0.4, -0.2) is 9.97 Å². The fraction of sp³-hybridized carbons (Fsp3) is 0.167. The van der Waals surface area contributed by atoms with E-state index >= 15 is 0 Å². The van der Waals surface area contributed by atoms with E-state index in [4.69, 9.17) is 15.7 Å². The Kier molecular flexibility index (Phi) is 3.76. The molecule has 0 aliphatic heterocycles. The summed E-state index contributed by atoms with van der Waals surface area (Å²) in [5, 5.41) is 0. The minimum atomic E-state index is -0.143. The van der Waals surface area contributed by atoms with Gasteiger partial charge in [-0.1, -0.05) is 66.7 Å². The molecule has 27 heavy (non-hydrogen) atoms. The van der Waals surface area contributed by atoms with E-state index < -0.39 is 0 Å². The molecular weight excluding hydrogens is 330 g/mol. The molecule has 1 saturated carbocycles. The second kappa shape index (κ2) is 6.29. The highest BCUT2D eigenvalue weighted by atomic mass is 14.8. The maximum atomic E-state index is 6.48. The van der Waals surface area contributed by atoms with Gasteiger partial charge in [-0.05, 0) is 37.0 Å². The minimum Gasteiger partial charge on any atom is -0.321 e. The Balaban J connectivity index is 1.67. The Labute approximate surface area is 158 Å². The topological polar surface area (TPSA) is 51.8 Å². The predicted octanol–water partition coefficient (Wildman–Crippen LogP) is 5.30. The van der Waals surface area contributed by atoms with Crippen molar-refractivity contribution in [3.63, 3.8) is 0 Å². The molecule has 0 spiro atoms. The molecule has 0 amide bonds. The molecule has 1 aliphatic carbocycles. The molecule has 3 nitrogen and oxygen atoms in total. The van der Waals surface area contributed by atoms with Crippen LogP contribution in [0.15, 0.2) is 78.9 Å². The number of fused-ring (bicyclic) bond motifs is 1. The van der Waals surface area contributed by atoms with Crippen LogP contribution in [0.2, 0.25) is 0 Å². The smallest absolute Gasteiger partial charge is 0.0973 e. The predicted molar refractivity (Wildman–Crippen MR) is 110 cm³/mol. The first-order chi connectivity index (χ1) is 13.2. The van der Waals surface area contributed by atoms with Gasteiger partial charge in [-0.3, -0.25) is 0 Å². The van der Waals surface area contributed by atoms with E-state index in [-0.39, 0.29) is 5.54 Å². The van der Waals surface area contributed by atoms with Gasteiger partial charge in [0.25, 0.3) is 0 Å². The molecule has 0 bridgehead atoms. The second-order valence-corrected chi connectivity index (χ2v) is 7.36. The highest BCUT2D eigenvalue weighted by Gasteiger charge is 2.34. The third-order valence-electron chi connectivity index (χ3n) is 5.60. The van der Waals surface area contributed by atoms with Gasteiger partial charge in [-0.25, -0.2) is 9.97 Å². The van der Waals surface area contributed by atoms with Crippen molar-refractivity contribution in [2.45, 2.75) is 24.8 Å². The summed E-state index contributed by atoms with van der Waals surface area (Å²) < 4.78 is 0. The monoisotopic (exact) mass is 351 g/mol. The molecule has 1 aliphatic rings. The van der Waals surface area contributed by atoms with Gasteiger partial charge in [0.05, 0.1) is 22.4 Å². The fourth-order valence-corrected chi connectivity index (χ4v) is 3.80. The standard InChI is InChI=1S/C24H21N3/c25-24(15-6-16-24)19-13-11-18(12-14-19)23-22(17-7-2-1-3-8-17)26-20-9-4-5-10-21(20)27-23/h1-5,7-14H,6,15-16,25H2. The highest BCUT2D eigenvalue weighted by molar-refractivity contribution is 5.86. The number of benzene rings is 3. The Hall–Kier alpha value is -3.04. The number of aromatic nitrogens is 2. The van der Waals surface area contributed by atoms with Crippen LogP contribution in [0.1, 0.15) is 24.8 Å². The van der Waals surface area contributed by atoms with Crippen LogP contribution >= 0.6 is 0 Å². The first-order valence-electron chi connectivity index (χ1n) is 9.45. The average molecular weight is 351 g/mol. The van der Waals surface area contributed by atoms with Crippen LogP contribution in [0.3, 0.4) is 0 Å². The number of para-hydroxylation sites is 2. The van der Waals surface area contributed by atoms with E-state index in [1.165, 1.54) is 12.0 Å². The maximum absolute atomic E-state index is 6.48. The van der Waals surface area contributed by atoms with Crippen molar-refractivity contribution >= 4 is 11.0 Å². The quantitative estimate of drug-likeness (QED) is 0.545. The minimum absolute atomic E-state index is 0.143. The molecule has 0 saturated heterocycles. The van der Waals surface area contributed by atoms with E-state index in [2.05, 4.69) is 36.4 Å². The number of rotatable bonds is 3. The van der Waals surface area contributed by atoms with E-state index in [0.717, 1.165) is 46.4 Å². The van der Waals surface area contributed by atoms with Gasteiger partial charge < -0.3 is 5.73 Å². The average Bonchev–Trinajstić information content (AvgIpc) is 2.72. The maximum Gasteiger partial charge on any atom is 0.0973 e. The molecule has 0 unspecified atom stereocenters. The fourth-order valence-electron chi connectivity index (χ4n) is 3.80. The third-order valence-corrected chi connectivity index (χ3v) is 5.60. The Morgan fingerprint density at radius 2 is 1.15 bits per heavy atom. The zero-order valence-electron chi connectivity index (χ0n) is 15.1. The summed E-state index contributed by atoms with van der Waals surface area (Å²) in [6.07, 6.45) is 3.35. The first-order valence-corrected chi connectivity index (χ1v) is 9.45. The molecular formula is C24H21N3. The largest absolute Gasteiger partial charge is 0.321 e. The SMILES string of the molecule is NC1(c2ccc(-c3nc4ccccc4nc3-c3ccccc3)cc2)CCC1. The number of hydrogen-bond acceptors (Lipinski definition) is 3. The van der Waals surface area contributed by atoms with Gasteiger partial charge in [-0.2, -0.15) is 0 Å². The van der Waals surface area contributed by atoms with Gasteiger partial charge in [0.15, 0.2) is 0 Å². The molecule has 0 atom stereocenters. The van der Waals surface area contributed by atoms with E-state index in [9.17, 15) is 0 Å². The molecule has 5 rings (SSSR count). The van der Waals surface area contributed by atoms with Crippen LogP contribution in [-0.2, 0) is 5.54 Å². The van der Waals surface area contributed by atoms with Crippen molar-refractivity contribution in [3.05, 3.63) is 84.4 Å². The Morgan fingerprint density at radius 1 is 0.630 bits per heavy atom. The van der Waals surface area contributed by atoms with Crippen LogP contribution < -0.4 is 5.73 Å². The normalized spacial score (nSPS) is 15.4. The molecule has 3 aromatic carbocycles. The number of hydrogen-bond donors (Lipinski definition) is 1. The van der Waals surface area contributed by atoms with E-state index in [1.54, 1.807) is 0 Å². The molecule has 1 heterocycles. The Morgan fingerprint density at radius 3 is 1.67 bits per heavy atom. The lowest BCUT2D eigenvalue weighted by Gasteiger charge is -2.38. The van der Waals surface area contributed by atoms with Gasteiger partial charge in [0.2, 0.25) is 0 Å². The number of nitrogens with zero attached hydrogens (tertiary/aromatic N) is 2. The summed E-state index contributed by atoms with van der Waals surface area (Å²) in [6, 6.07) is 26.9. The van der Waals surface area contributed by atoms with Crippen LogP contribution in [0.25, 0.3) is 33.5 Å². The van der Waals surface area contributed by atoms with E-state index in [0.29, 0.717) is 0 Å². The summed E-state index contributed by atoms with van der Waals surface area (Å²) >= 11 is 0. The molecule has 1 fully saturated rings. The number of nitrogens with two attached hydrogens (primary N) is 1. The molecule has 3 heteroatoms. The lowest BCUT2D eigenvalue weighted by molar-refractivity contribution is 0.253. The summed E-state index contributed by atoms with van der Waals surface area (Å²) in [5.41, 5.74) is 13.3. The lowest BCUT2D eigenvalue weighted by atomic mass is 9.72. The van der Waals surface area contributed by atoms with Gasteiger partial charge in [0, 0.05) is 16.7 Å². The first kappa shape index (κ1) is 16.2. The van der Waals surface area contributed by atoms with E-state index in [1.807, 2.05) is 42.5 Å². The summed E-state index contributed by atoms with van der Waals surface area (Å²) in [6.45, 7) is 0. The van der Waals surface area contributed by atoms with Gasteiger partial charge >= 0.3 is 0 Å². The van der Waals surface area contributed by atoms with Gasteiger partial charge in [-0.15, -0.1) is 0 Å². The molecule has 4 aromatic rings. The Bertz CT molecular complexity index is 1100. The molecule has 132 valence electrons. The zero-order chi connectivity index (χ0) is 18.3. The summed E-state index contributed by atoms with van der Waals surface area (Å²) in [7, 11) is 0. The summed E-state index contributed by atoms with van der Waals surface area (Å²) in [5.74, 6) is 0. The van der Waals surface area contributed by atoms with Crippen molar-refractivity contribution in [3.8, 4) is 22.5 Å². The van der Waals surface area contributed by atoms with Crippen molar-refractivity contribution in [1.29, 1.82) is 0 Å². The van der Waals surface area contributed by atoms with Crippen LogP contribution in [0, 0.1) is 0 Å². The third kappa shape index (κ3) is 2.81. The second-order valence-electron chi connectivity index (χ2n) is 7.36.